The Morgan fingerprint density at radius 2 is 2.00 bits per heavy atom. The minimum Gasteiger partial charge on any atom is -0.481 e. The van der Waals surface area contributed by atoms with Crippen LogP contribution in [0.25, 0.3) is 0 Å². The van der Waals surface area contributed by atoms with E-state index in [1.807, 2.05) is 12.1 Å². The molecule has 130 valence electrons. The van der Waals surface area contributed by atoms with Crippen molar-refractivity contribution in [1.82, 2.24) is 15.1 Å². The molecule has 1 aliphatic heterocycles. The van der Waals surface area contributed by atoms with E-state index < -0.39 is 12.0 Å². The normalized spacial score (nSPS) is 20.1. The van der Waals surface area contributed by atoms with Crippen LogP contribution in [-0.2, 0) is 9.59 Å². The minimum atomic E-state index is -0.968. The van der Waals surface area contributed by atoms with E-state index >= 15 is 0 Å². The van der Waals surface area contributed by atoms with Gasteiger partial charge in [0, 0.05) is 32.1 Å². The molecule has 0 spiro atoms. The number of likely N-dealkylation sites (tertiary alicyclic amines) is 1. The fourth-order valence-electron chi connectivity index (χ4n) is 2.75. The van der Waals surface area contributed by atoms with Crippen LogP contribution < -0.4 is 5.32 Å². The van der Waals surface area contributed by atoms with Crippen LogP contribution in [0.5, 0.6) is 0 Å². The van der Waals surface area contributed by atoms with Crippen molar-refractivity contribution < 1.29 is 19.5 Å². The van der Waals surface area contributed by atoms with Crippen molar-refractivity contribution >= 4 is 29.5 Å². The Morgan fingerprint density at radius 1 is 1.38 bits per heavy atom. The molecule has 8 heteroatoms. The molecule has 2 rings (SSSR count). The van der Waals surface area contributed by atoms with Crippen molar-refractivity contribution in [3.8, 4) is 0 Å². The number of carbonyl (C=O) groups is 3. The number of benzene rings is 1. The molecule has 0 aromatic heterocycles. The number of halogens is 1. The van der Waals surface area contributed by atoms with Crippen molar-refractivity contribution in [2.24, 2.45) is 0 Å². The lowest BCUT2D eigenvalue weighted by Gasteiger charge is -2.27. The number of nitrogens with zero attached hydrogens (tertiary/aromatic N) is 2. The fraction of sp³-hybridized carbons (Fsp3) is 0.438. The molecule has 3 amide bonds. The SMILES string of the molecule is CN(CCC(=O)O)C(=O)NC1CC(=O)N(C)C1c1ccc(Cl)cc1. The van der Waals surface area contributed by atoms with Gasteiger partial charge in [-0.15, -0.1) is 0 Å². The quantitative estimate of drug-likeness (QED) is 0.843. The van der Waals surface area contributed by atoms with Gasteiger partial charge in [-0.05, 0) is 17.7 Å². The Morgan fingerprint density at radius 3 is 2.58 bits per heavy atom. The molecule has 24 heavy (non-hydrogen) atoms. The summed E-state index contributed by atoms with van der Waals surface area (Å²) in [5.74, 6) is -1.03. The van der Waals surface area contributed by atoms with Crippen LogP contribution in [0.1, 0.15) is 24.4 Å². The largest absolute Gasteiger partial charge is 0.481 e. The van der Waals surface area contributed by atoms with Crippen molar-refractivity contribution in [3.05, 3.63) is 34.9 Å². The Kier molecular flexibility index (Phi) is 5.66. The molecular formula is C16H20ClN3O4. The number of carboxylic acid groups (broad SMARTS) is 1. The van der Waals surface area contributed by atoms with Gasteiger partial charge < -0.3 is 20.2 Å². The molecule has 0 aliphatic carbocycles. The first-order valence-electron chi connectivity index (χ1n) is 7.54. The summed E-state index contributed by atoms with van der Waals surface area (Å²) in [6.45, 7) is 0.100. The molecular weight excluding hydrogens is 334 g/mol. The van der Waals surface area contributed by atoms with Crippen LogP contribution >= 0.6 is 11.6 Å². The highest BCUT2D eigenvalue weighted by molar-refractivity contribution is 6.30. The molecule has 1 aliphatic rings. The summed E-state index contributed by atoms with van der Waals surface area (Å²) in [6, 6.07) is 6.07. The molecule has 0 radical (unpaired) electrons. The number of rotatable bonds is 5. The summed E-state index contributed by atoms with van der Waals surface area (Å²) in [5, 5.41) is 12.1. The third kappa shape index (κ3) is 4.17. The molecule has 2 N–H and O–H groups in total. The summed E-state index contributed by atoms with van der Waals surface area (Å²) < 4.78 is 0. The van der Waals surface area contributed by atoms with E-state index in [-0.39, 0.29) is 37.4 Å². The fourth-order valence-corrected chi connectivity index (χ4v) is 2.87. The smallest absolute Gasteiger partial charge is 0.317 e. The zero-order valence-corrected chi connectivity index (χ0v) is 14.3. The Labute approximate surface area is 145 Å². The van der Waals surface area contributed by atoms with Gasteiger partial charge in [0.25, 0.3) is 0 Å². The van der Waals surface area contributed by atoms with Gasteiger partial charge >= 0.3 is 12.0 Å². The van der Waals surface area contributed by atoms with Crippen LogP contribution in [0.4, 0.5) is 4.79 Å². The number of urea groups is 1. The van der Waals surface area contributed by atoms with Crippen LogP contribution in [0.2, 0.25) is 5.02 Å². The average Bonchev–Trinajstić information content (AvgIpc) is 2.80. The van der Waals surface area contributed by atoms with Gasteiger partial charge in [0.15, 0.2) is 0 Å². The third-order valence-corrected chi connectivity index (χ3v) is 4.37. The minimum absolute atomic E-state index is 0.0616. The van der Waals surface area contributed by atoms with Crippen LogP contribution in [0.15, 0.2) is 24.3 Å². The zero-order chi connectivity index (χ0) is 17.9. The highest BCUT2D eigenvalue weighted by Crippen LogP contribution is 2.32. The first kappa shape index (κ1) is 18.1. The Hall–Kier alpha value is -2.28. The van der Waals surface area contributed by atoms with Gasteiger partial charge in [-0.2, -0.15) is 0 Å². The van der Waals surface area contributed by atoms with Gasteiger partial charge in [-0.3, -0.25) is 9.59 Å². The number of carbonyl (C=O) groups excluding carboxylic acids is 2. The van der Waals surface area contributed by atoms with Crippen LogP contribution in [-0.4, -0.2) is 59.5 Å². The number of hydrogen-bond acceptors (Lipinski definition) is 3. The maximum Gasteiger partial charge on any atom is 0.317 e. The molecule has 1 aromatic rings. The Bertz CT molecular complexity index is 635. The lowest BCUT2D eigenvalue weighted by molar-refractivity contribution is -0.137. The summed E-state index contributed by atoms with van der Waals surface area (Å²) >= 11 is 5.90. The van der Waals surface area contributed by atoms with E-state index in [4.69, 9.17) is 16.7 Å². The van der Waals surface area contributed by atoms with Crippen molar-refractivity contribution in [1.29, 1.82) is 0 Å². The van der Waals surface area contributed by atoms with E-state index in [9.17, 15) is 14.4 Å². The second-order valence-corrected chi connectivity index (χ2v) is 6.26. The van der Waals surface area contributed by atoms with Gasteiger partial charge in [0.2, 0.25) is 5.91 Å². The number of aliphatic carboxylic acids is 1. The first-order valence-corrected chi connectivity index (χ1v) is 7.92. The molecule has 0 bridgehead atoms. The first-order chi connectivity index (χ1) is 11.3. The highest BCUT2D eigenvalue weighted by atomic mass is 35.5. The second kappa shape index (κ2) is 7.53. The average molecular weight is 354 g/mol. The van der Waals surface area contributed by atoms with E-state index in [1.54, 1.807) is 24.1 Å². The monoisotopic (exact) mass is 353 g/mol. The number of hydrogen-bond donors (Lipinski definition) is 2. The number of amides is 3. The number of likely N-dealkylation sites (N-methyl/N-ethyl adjacent to an activating group) is 1. The summed E-state index contributed by atoms with van der Waals surface area (Å²) in [6.07, 6.45) is 0.0658. The van der Waals surface area contributed by atoms with Gasteiger partial charge in [-0.1, -0.05) is 23.7 Å². The maximum absolute atomic E-state index is 12.2. The Balaban J connectivity index is 2.09. The van der Waals surface area contributed by atoms with Crippen molar-refractivity contribution in [2.75, 3.05) is 20.6 Å². The standard InChI is InChI=1S/C16H20ClN3O4/c1-19(8-7-14(22)23)16(24)18-12-9-13(21)20(2)15(12)10-3-5-11(17)6-4-10/h3-6,12,15H,7-9H2,1-2H3,(H,18,24)(H,22,23). The predicted molar refractivity (Wildman–Crippen MR) is 88.8 cm³/mol. The molecule has 1 fully saturated rings. The molecule has 1 saturated heterocycles. The molecule has 2 atom stereocenters. The lowest BCUT2D eigenvalue weighted by Crippen LogP contribution is -2.45. The predicted octanol–water partition coefficient (Wildman–Crippen LogP) is 1.73. The summed E-state index contributed by atoms with van der Waals surface area (Å²) in [7, 11) is 3.22. The number of carboxylic acids is 1. The molecule has 0 saturated carbocycles. The molecule has 2 unspecified atom stereocenters. The van der Waals surface area contributed by atoms with E-state index in [1.165, 1.54) is 11.9 Å². The van der Waals surface area contributed by atoms with Crippen LogP contribution in [0.3, 0.4) is 0 Å². The van der Waals surface area contributed by atoms with Crippen LogP contribution in [0, 0.1) is 0 Å². The van der Waals surface area contributed by atoms with E-state index in [0.717, 1.165) is 5.56 Å². The highest BCUT2D eigenvalue weighted by Gasteiger charge is 2.39. The third-order valence-electron chi connectivity index (χ3n) is 4.11. The molecule has 1 aromatic carbocycles. The van der Waals surface area contributed by atoms with Gasteiger partial charge in [-0.25, -0.2) is 4.79 Å². The summed E-state index contributed by atoms with van der Waals surface area (Å²) in [5.41, 5.74) is 0.881. The van der Waals surface area contributed by atoms with Gasteiger partial charge in [0.05, 0.1) is 18.5 Å². The molecule has 1 heterocycles. The second-order valence-electron chi connectivity index (χ2n) is 5.83. The zero-order valence-electron chi connectivity index (χ0n) is 13.5. The van der Waals surface area contributed by atoms with Crippen molar-refractivity contribution in [3.63, 3.8) is 0 Å². The molecule has 7 nitrogen and oxygen atoms in total. The maximum atomic E-state index is 12.2. The number of nitrogens with one attached hydrogen (secondary N) is 1. The summed E-state index contributed by atoms with van der Waals surface area (Å²) in [4.78, 5) is 37.8. The van der Waals surface area contributed by atoms with E-state index in [0.29, 0.717) is 5.02 Å². The van der Waals surface area contributed by atoms with Crippen molar-refractivity contribution in [2.45, 2.75) is 24.9 Å². The van der Waals surface area contributed by atoms with E-state index in [2.05, 4.69) is 5.32 Å². The van der Waals surface area contributed by atoms with Gasteiger partial charge in [0.1, 0.15) is 0 Å². The lowest BCUT2D eigenvalue weighted by atomic mass is 10.0. The topological polar surface area (TPSA) is 90.0 Å².